The van der Waals surface area contributed by atoms with Crippen LogP contribution in [0.25, 0.3) is 11.0 Å². The first-order valence-corrected chi connectivity index (χ1v) is 9.38. The van der Waals surface area contributed by atoms with E-state index in [1.165, 1.54) is 4.57 Å². The Hall–Kier alpha value is -3.55. The number of imidazole rings is 1. The molecule has 1 aromatic heterocycles. The van der Waals surface area contributed by atoms with Crippen LogP contribution in [-0.4, -0.2) is 39.3 Å². The fourth-order valence-electron chi connectivity index (χ4n) is 3.17. The average Bonchev–Trinajstić information content (AvgIpc) is 2.98. The van der Waals surface area contributed by atoms with Crippen molar-refractivity contribution in [1.82, 2.24) is 14.5 Å². The topological polar surface area (TPSA) is 103 Å². The maximum atomic E-state index is 12.6. The molecule has 0 atom stereocenters. The highest BCUT2D eigenvalue weighted by atomic mass is 16.5. The minimum Gasteiger partial charge on any atom is -0.482 e. The highest BCUT2D eigenvalue weighted by Crippen LogP contribution is 2.13. The lowest BCUT2D eigenvalue weighted by Crippen LogP contribution is -2.34. The number of aryl methyl sites for hydroxylation is 1. The SMILES string of the molecule is CCn1c(=O)n(CC(=O)NCCc2ccc(OCC(=O)O)cc2)c2ccccc21. The molecule has 2 N–H and O–H groups in total. The van der Waals surface area contributed by atoms with Gasteiger partial charge in [-0.2, -0.15) is 0 Å². The zero-order valence-electron chi connectivity index (χ0n) is 16.1. The Morgan fingerprint density at radius 2 is 1.69 bits per heavy atom. The molecule has 0 radical (unpaired) electrons. The van der Waals surface area contributed by atoms with Crippen LogP contribution in [-0.2, 0) is 29.1 Å². The van der Waals surface area contributed by atoms with Crippen molar-refractivity contribution >= 4 is 22.9 Å². The van der Waals surface area contributed by atoms with Crippen molar-refractivity contribution in [2.75, 3.05) is 13.2 Å². The number of carboxylic acid groups (broad SMARTS) is 1. The van der Waals surface area contributed by atoms with Gasteiger partial charge >= 0.3 is 11.7 Å². The lowest BCUT2D eigenvalue weighted by Gasteiger charge is -2.08. The summed E-state index contributed by atoms with van der Waals surface area (Å²) in [7, 11) is 0. The molecule has 0 aliphatic carbocycles. The van der Waals surface area contributed by atoms with Crippen molar-refractivity contribution in [1.29, 1.82) is 0 Å². The van der Waals surface area contributed by atoms with Crippen LogP contribution in [0.15, 0.2) is 53.3 Å². The lowest BCUT2D eigenvalue weighted by molar-refractivity contribution is -0.139. The molecule has 8 heteroatoms. The first-order valence-electron chi connectivity index (χ1n) is 9.38. The summed E-state index contributed by atoms with van der Waals surface area (Å²) in [6.07, 6.45) is 0.608. The summed E-state index contributed by atoms with van der Waals surface area (Å²) in [5.41, 5.74) is 2.35. The van der Waals surface area contributed by atoms with Crippen molar-refractivity contribution in [2.45, 2.75) is 26.4 Å². The van der Waals surface area contributed by atoms with E-state index in [-0.39, 0.29) is 24.7 Å². The molecule has 152 valence electrons. The Balaban J connectivity index is 1.56. The quantitative estimate of drug-likeness (QED) is 0.572. The van der Waals surface area contributed by atoms with Crippen LogP contribution >= 0.6 is 0 Å². The van der Waals surface area contributed by atoms with E-state index in [9.17, 15) is 14.4 Å². The fourth-order valence-corrected chi connectivity index (χ4v) is 3.17. The number of benzene rings is 2. The first-order chi connectivity index (χ1) is 14.0. The number of amides is 1. The first kappa shape index (κ1) is 20.2. The molecule has 3 aromatic rings. The molecule has 1 heterocycles. The van der Waals surface area contributed by atoms with Gasteiger partial charge in [0, 0.05) is 13.1 Å². The Morgan fingerprint density at radius 1 is 1.03 bits per heavy atom. The zero-order chi connectivity index (χ0) is 20.8. The number of ether oxygens (including phenoxy) is 1. The van der Waals surface area contributed by atoms with Crippen molar-refractivity contribution in [2.24, 2.45) is 0 Å². The van der Waals surface area contributed by atoms with Gasteiger partial charge in [0.1, 0.15) is 12.3 Å². The molecule has 2 aromatic carbocycles. The van der Waals surface area contributed by atoms with Crippen molar-refractivity contribution in [3.63, 3.8) is 0 Å². The van der Waals surface area contributed by atoms with Gasteiger partial charge in [0.05, 0.1) is 11.0 Å². The van der Waals surface area contributed by atoms with Crippen LogP contribution in [0.1, 0.15) is 12.5 Å². The maximum absolute atomic E-state index is 12.6. The summed E-state index contributed by atoms with van der Waals surface area (Å²) in [5.74, 6) is -0.780. The molecule has 0 saturated carbocycles. The number of hydrogen-bond donors (Lipinski definition) is 2. The number of nitrogens with zero attached hydrogens (tertiary/aromatic N) is 2. The lowest BCUT2D eigenvalue weighted by atomic mass is 10.1. The van der Waals surface area contributed by atoms with Gasteiger partial charge < -0.3 is 15.2 Å². The van der Waals surface area contributed by atoms with Crippen molar-refractivity contribution < 1.29 is 19.4 Å². The number of aliphatic carboxylic acids is 1. The number of carbonyl (C=O) groups excluding carboxylic acids is 1. The molecular formula is C21H23N3O5. The minimum atomic E-state index is -1.03. The second-order valence-electron chi connectivity index (χ2n) is 6.53. The summed E-state index contributed by atoms with van der Waals surface area (Å²) < 4.78 is 8.22. The van der Waals surface area contributed by atoms with E-state index < -0.39 is 5.97 Å². The van der Waals surface area contributed by atoms with Crippen LogP contribution in [0.5, 0.6) is 5.75 Å². The number of hydrogen-bond acceptors (Lipinski definition) is 4. The van der Waals surface area contributed by atoms with Crippen LogP contribution in [0, 0.1) is 0 Å². The van der Waals surface area contributed by atoms with Gasteiger partial charge in [0.25, 0.3) is 0 Å². The van der Waals surface area contributed by atoms with Crippen LogP contribution in [0.2, 0.25) is 0 Å². The third-order valence-electron chi connectivity index (χ3n) is 4.56. The van der Waals surface area contributed by atoms with E-state index in [1.807, 2.05) is 43.3 Å². The minimum absolute atomic E-state index is 0.0334. The Kier molecular flexibility index (Phi) is 6.33. The molecule has 0 spiro atoms. The normalized spacial score (nSPS) is 10.8. The van der Waals surface area contributed by atoms with E-state index in [1.54, 1.807) is 16.7 Å². The van der Waals surface area contributed by atoms with E-state index in [0.717, 1.165) is 16.6 Å². The van der Waals surface area contributed by atoms with Gasteiger partial charge in [-0.15, -0.1) is 0 Å². The number of nitrogens with one attached hydrogen (secondary N) is 1. The summed E-state index contributed by atoms with van der Waals surface area (Å²) in [4.78, 5) is 35.4. The van der Waals surface area contributed by atoms with Crippen molar-refractivity contribution in [3.05, 3.63) is 64.6 Å². The Labute approximate surface area is 167 Å². The number of para-hydroxylation sites is 2. The third kappa shape index (κ3) is 4.84. The van der Waals surface area contributed by atoms with Gasteiger partial charge in [-0.05, 0) is 43.2 Å². The van der Waals surface area contributed by atoms with E-state index in [0.29, 0.717) is 25.3 Å². The Bertz CT molecular complexity index is 1070. The summed E-state index contributed by atoms with van der Waals surface area (Å²) in [5, 5.41) is 11.4. The molecule has 0 saturated heterocycles. The summed E-state index contributed by atoms with van der Waals surface area (Å²) in [6.45, 7) is 2.45. The Morgan fingerprint density at radius 3 is 2.31 bits per heavy atom. The third-order valence-corrected chi connectivity index (χ3v) is 4.56. The maximum Gasteiger partial charge on any atom is 0.341 e. The van der Waals surface area contributed by atoms with E-state index >= 15 is 0 Å². The molecule has 3 rings (SSSR count). The number of rotatable bonds is 9. The number of carbonyl (C=O) groups is 2. The number of aromatic nitrogens is 2. The summed E-state index contributed by atoms with van der Waals surface area (Å²) >= 11 is 0. The molecule has 0 aliphatic rings. The van der Waals surface area contributed by atoms with Gasteiger partial charge in [-0.1, -0.05) is 24.3 Å². The van der Waals surface area contributed by atoms with E-state index in [4.69, 9.17) is 9.84 Å². The van der Waals surface area contributed by atoms with E-state index in [2.05, 4.69) is 5.32 Å². The van der Waals surface area contributed by atoms with Gasteiger partial charge in [-0.3, -0.25) is 13.9 Å². The second kappa shape index (κ2) is 9.09. The van der Waals surface area contributed by atoms with Crippen LogP contribution in [0.3, 0.4) is 0 Å². The average molecular weight is 397 g/mol. The summed E-state index contributed by atoms with van der Waals surface area (Å²) in [6, 6.07) is 14.5. The smallest absolute Gasteiger partial charge is 0.341 e. The van der Waals surface area contributed by atoms with Gasteiger partial charge in [0.2, 0.25) is 5.91 Å². The molecule has 8 nitrogen and oxygen atoms in total. The fraction of sp³-hybridized carbons (Fsp3) is 0.286. The molecule has 0 unspecified atom stereocenters. The predicted molar refractivity (Wildman–Crippen MR) is 108 cm³/mol. The molecule has 0 aliphatic heterocycles. The van der Waals surface area contributed by atoms with Gasteiger partial charge in [-0.25, -0.2) is 9.59 Å². The predicted octanol–water partition coefficient (Wildman–Crippen LogP) is 1.65. The molecule has 0 fully saturated rings. The van der Waals surface area contributed by atoms with Crippen molar-refractivity contribution in [3.8, 4) is 5.75 Å². The highest BCUT2D eigenvalue weighted by Gasteiger charge is 2.14. The number of fused-ring (bicyclic) bond motifs is 1. The second-order valence-corrected chi connectivity index (χ2v) is 6.53. The van der Waals surface area contributed by atoms with Crippen LogP contribution in [0.4, 0.5) is 0 Å². The van der Waals surface area contributed by atoms with Crippen LogP contribution < -0.4 is 15.7 Å². The molecule has 0 bridgehead atoms. The monoisotopic (exact) mass is 397 g/mol. The largest absolute Gasteiger partial charge is 0.482 e. The highest BCUT2D eigenvalue weighted by molar-refractivity contribution is 5.80. The molecule has 1 amide bonds. The zero-order valence-corrected chi connectivity index (χ0v) is 16.1. The molecule has 29 heavy (non-hydrogen) atoms. The standard InChI is InChI=1S/C21H23N3O5/c1-2-23-17-5-3-4-6-18(17)24(21(23)28)13-19(25)22-12-11-15-7-9-16(10-8-15)29-14-20(26)27/h3-10H,2,11-14H2,1H3,(H,22,25)(H,26,27). The number of carboxylic acids is 1. The van der Waals surface area contributed by atoms with Gasteiger partial charge in [0.15, 0.2) is 6.61 Å². The molecular weight excluding hydrogens is 374 g/mol.